The fourth-order valence-corrected chi connectivity index (χ4v) is 1.81. The molecule has 15 heavy (non-hydrogen) atoms. The molecule has 0 aromatic heterocycles. The molecule has 0 spiro atoms. The molecule has 0 saturated heterocycles. The smallest absolute Gasteiger partial charge is 0.318 e. The van der Waals surface area contributed by atoms with Gasteiger partial charge < -0.3 is 4.84 Å². The Kier molecular flexibility index (Phi) is 2.54. The predicted molar refractivity (Wildman–Crippen MR) is 57.8 cm³/mol. The topological polar surface area (TPSA) is 38.7 Å². The summed E-state index contributed by atoms with van der Waals surface area (Å²) >= 11 is 0. The van der Waals surface area contributed by atoms with Gasteiger partial charge in [0.15, 0.2) is 0 Å². The van der Waals surface area contributed by atoms with Gasteiger partial charge in [-0.25, -0.2) is 4.79 Å². The minimum atomic E-state index is -0.372. The molecular weight excluding hydrogens is 190 g/mol. The summed E-state index contributed by atoms with van der Waals surface area (Å²) in [6.07, 6.45) is 1.84. The fraction of sp³-hybridized carbons (Fsp3) is 0.333. The molecule has 2 rings (SSSR count). The van der Waals surface area contributed by atoms with Crippen LogP contribution in [0.2, 0.25) is 0 Å². The maximum absolute atomic E-state index is 10.6. The van der Waals surface area contributed by atoms with E-state index < -0.39 is 0 Å². The molecule has 0 saturated carbocycles. The zero-order chi connectivity index (χ0) is 10.8. The molecule has 3 heteroatoms. The van der Waals surface area contributed by atoms with Crippen molar-refractivity contribution in [2.24, 2.45) is 5.16 Å². The molecule has 1 aromatic rings. The molecule has 0 N–H and O–H groups in total. The average molecular weight is 203 g/mol. The Morgan fingerprint density at radius 2 is 2.20 bits per heavy atom. The van der Waals surface area contributed by atoms with E-state index in [0.29, 0.717) is 0 Å². The van der Waals surface area contributed by atoms with Gasteiger partial charge in [0.05, 0.1) is 5.71 Å². The molecule has 1 aromatic carbocycles. The number of fused-ring (bicyclic) bond motifs is 1. The second-order valence-electron chi connectivity index (χ2n) is 3.78. The van der Waals surface area contributed by atoms with Gasteiger partial charge in [-0.15, -0.1) is 0 Å². The van der Waals surface area contributed by atoms with Crippen LogP contribution in [0.1, 0.15) is 30.0 Å². The van der Waals surface area contributed by atoms with E-state index >= 15 is 0 Å². The summed E-state index contributed by atoms with van der Waals surface area (Å²) < 4.78 is 0. The van der Waals surface area contributed by atoms with Crippen LogP contribution in [0.15, 0.2) is 23.4 Å². The zero-order valence-electron chi connectivity index (χ0n) is 8.91. The second-order valence-corrected chi connectivity index (χ2v) is 3.78. The van der Waals surface area contributed by atoms with Gasteiger partial charge in [-0.1, -0.05) is 28.9 Å². The van der Waals surface area contributed by atoms with Crippen molar-refractivity contribution in [3.63, 3.8) is 0 Å². The number of hydrogen-bond acceptors (Lipinski definition) is 3. The van der Waals surface area contributed by atoms with E-state index in [0.717, 1.165) is 24.1 Å². The lowest BCUT2D eigenvalue weighted by molar-refractivity contribution is -0.140. The van der Waals surface area contributed by atoms with Crippen molar-refractivity contribution in [2.75, 3.05) is 0 Å². The van der Waals surface area contributed by atoms with E-state index in [1.165, 1.54) is 18.1 Å². The lowest BCUT2D eigenvalue weighted by Crippen LogP contribution is -1.99. The van der Waals surface area contributed by atoms with Crippen molar-refractivity contribution in [3.05, 3.63) is 34.9 Å². The number of benzene rings is 1. The summed E-state index contributed by atoms with van der Waals surface area (Å²) in [7, 11) is 0. The molecule has 0 amide bonds. The Balaban J connectivity index is 2.28. The molecule has 0 unspecified atom stereocenters. The quantitative estimate of drug-likeness (QED) is 0.518. The standard InChI is InChI=1S/C12H13NO2/c1-8-3-5-11-10(7-8)4-6-12(11)13-15-9(2)14/h3,5,7H,4,6H2,1-2H3/b13-12-. The first-order valence-corrected chi connectivity index (χ1v) is 5.01. The van der Waals surface area contributed by atoms with Crippen molar-refractivity contribution < 1.29 is 9.63 Å². The van der Waals surface area contributed by atoms with Crippen LogP contribution in [0.4, 0.5) is 0 Å². The fourth-order valence-electron chi connectivity index (χ4n) is 1.81. The van der Waals surface area contributed by atoms with Crippen molar-refractivity contribution >= 4 is 11.7 Å². The van der Waals surface area contributed by atoms with Gasteiger partial charge in [-0.05, 0) is 25.3 Å². The lowest BCUT2D eigenvalue weighted by Gasteiger charge is -2.00. The summed E-state index contributed by atoms with van der Waals surface area (Å²) in [5, 5.41) is 3.86. The Hall–Kier alpha value is -1.64. The van der Waals surface area contributed by atoms with Crippen LogP contribution < -0.4 is 0 Å². The van der Waals surface area contributed by atoms with Crippen LogP contribution in [0.3, 0.4) is 0 Å². The lowest BCUT2D eigenvalue weighted by atomic mass is 10.1. The van der Waals surface area contributed by atoms with Gasteiger partial charge in [0.25, 0.3) is 0 Å². The minimum Gasteiger partial charge on any atom is -0.318 e. The first kappa shape index (κ1) is 9.90. The average Bonchev–Trinajstić information content (AvgIpc) is 2.57. The molecule has 3 nitrogen and oxygen atoms in total. The molecule has 0 aliphatic heterocycles. The Morgan fingerprint density at radius 1 is 1.40 bits per heavy atom. The number of carbonyl (C=O) groups is 1. The number of carbonyl (C=O) groups excluding carboxylic acids is 1. The molecule has 0 radical (unpaired) electrons. The van der Waals surface area contributed by atoms with E-state index in [-0.39, 0.29) is 5.97 Å². The van der Waals surface area contributed by atoms with Gasteiger partial charge in [-0.2, -0.15) is 0 Å². The van der Waals surface area contributed by atoms with E-state index in [1.807, 2.05) is 12.1 Å². The predicted octanol–water partition coefficient (Wildman–Crippen LogP) is 2.21. The molecule has 0 bridgehead atoms. The monoisotopic (exact) mass is 203 g/mol. The molecule has 0 fully saturated rings. The van der Waals surface area contributed by atoms with E-state index in [4.69, 9.17) is 0 Å². The van der Waals surface area contributed by atoms with Crippen molar-refractivity contribution in [1.29, 1.82) is 0 Å². The van der Waals surface area contributed by atoms with E-state index in [2.05, 4.69) is 23.0 Å². The molecule has 78 valence electrons. The highest BCUT2D eigenvalue weighted by Gasteiger charge is 2.18. The van der Waals surface area contributed by atoms with Gasteiger partial charge in [-0.3, -0.25) is 0 Å². The van der Waals surface area contributed by atoms with Crippen LogP contribution >= 0.6 is 0 Å². The Morgan fingerprint density at radius 3 is 2.93 bits per heavy atom. The first-order chi connectivity index (χ1) is 7.16. The third kappa shape index (κ3) is 2.06. The summed E-state index contributed by atoms with van der Waals surface area (Å²) in [6.45, 7) is 3.43. The number of oxime groups is 1. The third-order valence-corrected chi connectivity index (χ3v) is 2.49. The van der Waals surface area contributed by atoms with Crippen molar-refractivity contribution in [1.82, 2.24) is 0 Å². The van der Waals surface area contributed by atoms with Gasteiger partial charge in [0.1, 0.15) is 0 Å². The number of aryl methyl sites for hydroxylation is 2. The SMILES string of the molecule is CC(=O)O/N=C1/CCc2cc(C)ccc21. The van der Waals surface area contributed by atoms with Gasteiger partial charge in [0.2, 0.25) is 0 Å². The van der Waals surface area contributed by atoms with Crippen LogP contribution in [0.25, 0.3) is 0 Å². The number of rotatable bonds is 1. The summed E-state index contributed by atoms with van der Waals surface area (Å²) in [4.78, 5) is 15.3. The first-order valence-electron chi connectivity index (χ1n) is 5.01. The minimum absolute atomic E-state index is 0.372. The van der Waals surface area contributed by atoms with E-state index in [9.17, 15) is 4.79 Å². The largest absolute Gasteiger partial charge is 0.331 e. The highest BCUT2D eigenvalue weighted by Crippen LogP contribution is 2.23. The van der Waals surface area contributed by atoms with Crippen LogP contribution in [0.5, 0.6) is 0 Å². The Labute approximate surface area is 88.7 Å². The summed E-state index contributed by atoms with van der Waals surface area (Å²) in [6, 6.07) is 6.25. The molecular formula is C12H13NO2. The molecule has 0 heterocycles. The third-order valence-electron chi connectivity index (χ3n) is 2.49. The number of hydrogen-bond donors (Lipinski definition) is 0. The maximum Gasteiger partial charge on any atom is 0.331 e. The van der Waals surface area contributed by atoms with Crippen molar-refractivity contribution in [2.45, 2.75) is 26.7 Å². The zero-order valence-corrected chi connectivity index (χ0v) is 8.91. The normalized spacial score (nSPS) is 16.5. The van der Waals surface area contributed by atoms with Crippen molar-refractivity contribution in [3.8, 4) is 0 Å². The highest BCUT2D eigenvalue weighted by molar-refractivity contribution is 6.04. The highest BCUT2D eigenvalue weighted by atomic mass is 16.7. The molecule has 1 aliphatic carbocycles. The summed E-state index contributed by atoms with van der Waals surface area (Å²) in [5.74, 6) is -0.372. The van der Waals surface area contributed by atoms with Gasteiger partial charge >= 0.3 is 5.97 Å². The Bertz CT molecular complexity index is 435. The molecule has 1 aliphatic rings. The summed E-state index contributed by atoms with van der Waals surface area (Å²) in [5.41, 5.74) is 4.53. The molecule has 0 atom stereocenters. The van der Waals surface area contributed by atoms with Crippen LogP contribution in [-0.2, 0) is 16.1 Å². The second kappa shape index (κ2) is 3.85. The van der Waals surface area contributed by atoms with Crippen LogP contribution in [-0.4, -0.2) is 11.7 Å². The van der Waals surface area contributed by atoms with Crippen LogP contribution in [0, 0.1) is 6.92 Å². The van der Waals surface area contributed by atoms with Gasteiger partial charge in [0, 0.05) is 12.5 Å². The maximum atomic E-state index is 10.6. The van der Waals surface area contributed by atoms with E-state index in [1.54, 1.807) is 0 Å². The number of nitrogens with zero attached hydrogens (tertiary/aromatic N) is 1.